The molecule has 0 spiro atoms. The van der Waals surface area contributed by atoms with E-state index in [-0.39, 0.29) is 0 Å². The smallest absolute Gasteiger partial charge is 0.00952 e. The summed E-state index contributed by atoms with van der Waals surface area (Å²) in [7, 11) is 0. The molecule has 1 saturated carbocycles. The summed E-state index contributed by atoms with van der Waals surface area (Å²) in [5, 5.41) is 3.63. The van der Waals surface area contributed by atoms with Crippen LogP contribution in [0.4, 0.5) is 0 Å². The Morgan fingerprint density at radius 3 is 1.73 bits per heavy atom. The Balaban J connectivity index is 1.83. The molecule has 0 unspecified atom stereocenters. The second-order valence-corrected chi connectivity index (χ2v) is 7.61. The molecule has 0 aromatic rings. The molecule has 1 saturated heterocycles. The molecule has 1 heterocycles. The van der Waals surface area contributed by atoms with Crippen molar-refractivity contribution in [1.29, 1.82) is 0 Å². The third-order valence-electron chi connectivity index (χ3n) is 5.69. The maximum Gasteiger partial charge on any atom is 0.00952 e. The van der Waals surface area contributed by atoms with Gasteiger partial charge in [-0.2, -0.15) is 0 Å². The van der Waals surface area contributed by atoms with Crippen molar-refractivity contribution in [3.63, 3.8) is 0 Å². The predicted molar refractivity (Wildman–Crippen MR) is 97.5 cm³/mol. The molecule has 0 amide bonds. The van der Waals surface area contributed by atoms with Crippen molar-refractivity contribution in [3.05, 3.63) is 0 Å². The molecular formula is C20H40N2. The van der Waals surface area contributed by atoms with Crippen molar-refractivity contribution < 1.29 is 0 Å². The number of nitrogens with one attached hydrogen (secondary N) is 1. The number of hydrogen-bond acceptors (Lipinski definition) is 2. The van der Waals surface area contributed by atoms with Gasteiger partial charge in [0.15, 0.2) is 0 Å². The number of nitrogens with zero attached hydrogens (tertiary/aromatic N) is 1. The van der Waals surface area contributed by atoms with Crippen LogP contribution in [0, 0.1) is 0 Å². The van der Waals surface area contributed by atoms with E-state index in [0.717, 1.165) is 6.04 Å². The van der Waals surface area contributed by atoms with Crippen LogP contribution in [-0.4, -0.2) is 37.1 Å². The Bertz CT molecular complexity index is 204. The predicted octanol–water partition coefficient (Wildman–Crippen LogP) is 5.13. The van der Waals surface area contributed by atoms with Crippen LogP contribution < -0.4 is 5.32 Å². The van der Waals surface area contributed by atoms with E-state index in [0.29, 0.717) is 0 Å². The summed E-state index contributed by atoms with van der Waals surface area (Å²) < 4.78 is 0. The molecule has 2 aliphatic rings. The molecule has 0 bridgehead atoms. The summed E-state index contributed by atoms with van der Waals surface area (Å²) in [6.07, 6.45) is 21.8. The maximum absolute atomic E-state index is 3.63. The van der Waals surface area contributed by atoms with Gasteiger partial charge in [-0.3, -0.25) is 0 Å². The van der Waals surface area contributed by atoms with Crippen molar-refractivity contribution >= 4 is 0 Å². The lowest BCUT2D eigenvalue weighted by Gasteiger charge is -2.32. The first kappa shape index (κ1) is 18.3. The van der Waals surface area contributed by atoms with E-state index in [1.165, 1.54) is 122 Å². The van der Waals surface area contributed by atoms with Crippen molar-refractivity contribution in [1.82, 2.24) is 10.2 Å². The van der Waals surface area contributed by atoms with Crippen molar-refractivity contribution in [2.24, 2.45) is 0 Å². The zero-order chi connectivity index (χ0) is 15.3. The Morgan fingerprint density at radius 2 is 1.00 bits per heavy atom. The lowest BCUT2D eigenvalue weighted by atomic mass is 10.00. The summed E-state index contributed by atoms with van der Waals surface area (Å²) >= 11 is 0. The molecule has 2 rings (SSSR count). The van der Waals surface area contributed by atoms with Gasteiger partial charge in [0.05, 0.1) is 0 Å². The minimum Gasteiger partial charge on any atom is -0.317 e. The highest BCUT2D eigenvalue weighted by molar-refractivity contribution is 4.74. The Labute approximate surface area is 139 Å². The minimum atomic E-state index is 0.888. The zero-order valence-corrected chi connectivity index (χ0v) is 15.0. The highest BCUT2D eigenvalue weighted by Crippen LogP contribution is 2.21. The fraction of sp³-hybridized carbons (Fsp3) is 1.00. The fourth-order valence-electron chi connectivity index (χ4n) is 4.26. The first-order valence-electron chi connectivity index (χ1n) is 10.4. The molecule has 2 nitrogen and oxygen atoms in total. The number of rotatable bonds is 1. The summed E-state index contributed by atoms with van der Waals surface area (Å²) in [5.41, 5.74) is 0. The fourth-order valence-corrected chi connectivity index (χ4v) is 4.26. The molecule has 1 aliphatic carbocycles. The molecule has 1 aliphatic heterocycles. The standard InChI is InChI=1S/C20H40N2/c1-2-4-6-10-15-20(14-9-5-3-1)22-18-12-8-7-11-16-21-17-13-19-22/h20-21H,1-19H2. The Kier molecular flexibility index (Phi) is 10.3. The van der Waals surface area contributed by atoms with Crippen molar-refractivity contribution in [3.8, 4) is 0 Å². The van der Waals surface area contributed by atoms with E-state index in [2.05, 4.69) is 10.2 Å². The second-order valence-electron chi connectivity index (χ2n) is 7.61. The monoisotopic (exact) mass is 308 g/mol. The van der Waals surface area contributed by atoms with Crippen LogP contribution in [0.15, 0.2) is 0 Å². The molecule has 130 valence electrons. The average molecular weight is 309 g/mol. The SMILES string of the molecule is C1CCCCCC(N2CCCCCCNCCC2)CCCC1. The molecule has 2 heteroatoms. The van der Waals surface area contributed by atoms with Gasteiger partial charge in [0.25, 0.3) is 0 Å². The maximum atomic E-state index is 3.63. The average Bonchev–Trinajstić information content (AvgIpc) is 2.64. The van der Waals surface area contributed by atoms with E-state index in [1.807, 2.05) is 0 Å². The van der Waals surface area contributed by atoms with Gasteiger partial charge in [0.2, 0.25) is 0 Å². The molecule has 0 atom stereocenters. The van der Waals surface area contributed by atoms with Crippen LogP contribution in [-0.2, 0) is 0 Å². The highest BCUT2D eigenvalue weighted by atomic mass is 15.1. The molecule has 1 N–H and O–H groups in total. The van der Waals surface area contributed by atoms with E-state index < -0.39 is 0 Å². The van der Waals surface area contributed by atoms with E-state index in [4.69, 9.17) is 0 Å². The summed E-state index contributed by atoms with van der Waals surface area (Å²) in [4.78, 5) is 2.88. The van der Waals surface area contributed by atoms with Crippen molar-refractivity contribution in [2.75, 3.05) is 26.2 Å². The van der Waals surface area contributed by atoms with Gasteiger partial charge in [0.1, 0.15) is 0 Å². The van der Waals surface area contributed by atoms with E-state index >= 15 is 0 Å². The highest BCUT2D eigenvalue weighted by Gasteiger charge is 2.18. The molecule has 2 fully saturated rings. The van der Waals surface area contributed by atoms with Gasteiger partial charge < -0.3 is 10.2 Å². The van der Waals surface area contributed by atoms with Crippen LogP contribution in [0.3, 0.4) is 0 Å². The molecule has 22 heavy (non-hydrogen) atoms. The van der Waals surface area contributed by atoms with Gasteiger partial charge in [-0.25, -0.2) is 0 Å². The second kappa shape index (κ2) is 12.4. The van der Waals surface area contributed by atoms with Crippen LogP contribution >= 0.6 is 0 Å². The van der Waals surface area contributed by atoms with Crippen LogP contribution in [0.2, 0.25) is 0 Å². The van der Waals surface area contributed by atoms with Gasteiger partial charge in [-0.1, -0.05) is 64.2 Å². The van der Waals surface area contributed by atoms with E-state index in [9.17, 15) is 0 Å². The summed E-state index contributed by atoms with van der Waals surface area (Å²) in [6, 6.07) is 0.888. The number of hydrogen-bond donors (Lipinski definition) is 1. The first-order valence-corrected chi connectivity index (χ1v) is 10.4. The lowest BCUT2D eigenvalue weighted by Crippen LogP contribution is -2.38. The Hall–Kier alpha value is -0.0800. The van der Waals surface area contributed by atoms with Crippen LogP contribution in [0.25, 0.3) is 0 Å². The molecule has 0 radical (unpaired) electrons. The van der Waals surface area contributed by atoms with Crippen LogP contribution in [0.1, 0.15) is 96.3 Å². The van der Waals surface area contributed by atoms with Gasteiger partial charge in [0, 0.05) is 6.04 Å². The van der Waals surface area contributed by atoms with Gasteiger partial charge in [-0.15, -0.1) is 0 Å². The van der Waals surface area contributed by atoms with E-state index in [1.54, 1.807) is 0 Å². The van der Waals surface area contributed by atoms with Gasteiger partial charge >= 0.3 is 0 Å². The Morgan fingerprint density at radius 1 is 0.500 bits per heavy atom. The largest absolute Gasteiger partial charge is 0.317 e. The topological polar surface area (TPSA) is 15.3 Å². The van der Waals surface area contributed by atoms with Crippen LogP contribution in [0.5, 0.6) is 0 Å². The molecule has 0 aromatic heterocycles. The third-order valence-corrected chi connectivity index (χ3v) is 5.69. The van der Waals surface area contributed by atoms with Gasteiger partial charge in [-0.05, 0) is 58.3 Å². The molecule has 0 aromatic carbocycles. The first-order chi connectivity index (χ1) is 11.0. The minimum absolute atomic E-state index is 0.888. The summed E-state index contributed by atoms with van der Waals surface area (Å²) in [5.74, 6) is 0. The quantitative estimate of drug-likeness (QED) is 0.723. The normalized spacial score (nSPS) is 26.7. The third kappa shape index (κ3) is 7.97. The molecular weight excluding hydrogens is 268 g/mol. The summed E-state index contributed by atoms with van der Waals surface area (Å²) in [6.45, 7) is 5.16. The van der Waals surface area contributed by atoms with Crippen molar-refractivity contribution in [2.45, 2.75) is 102 Å². The lowest BCUT2D eigenvalue weighted by molar-refractivity contribution is 0.166. The zero-order valence-electron chi connectivity index (χ0n) is 15.0.